The van der Waals surface area contributed by atoms with Gasteiger partial charge in [-0.1, -0.05) is 18.2 Å². The molecule has 0 aliphatic heterocycles. The fourth-order valence-corrected chi connectivity index (χ4v) is 1.88. The fraction of sp³-hybridized carbons (Fsp3) is 0.500. The molecule has 0 bridgehead atoms. The van der Waals surface area contributed by atoms with Gasteiger partial charge in [-0.15, -0.1) is 0 Å². The molecule has 0 unspecified atom stereocenters. The summed E-state index contributed by atoms with van der Waals surface area (Å²) < 4.78 is 0. The lowest BCUT2D eigenvalue weighted by Gasteiger charge is -2.26. The highest BCUT2D eigenvalue weighted by atomic mass is 16.3. The molecule has 0 atom stereocenters. The van der Waals surface area contributed by atoms with Crippen LogP contribution in [0.2, 0.25) is 0 Å². The molecule has 0 radical (unpaired) electrons. The molecule has 0 aliphatic rings. The zero-order valence-electron chi connectivity index (χ0n) is 9.40. The highest BCUT2D eigenvalue weighted by Gasteiger charge is 2.10. The quantitative estimate of drug-likeness (QED) is 0.763. The number of nitrogens with zero attached hydrogens (tertiary/aromatic N) is 1. The van der Waals surface area contributed by atoms with Gasteiger partial charge in [0.15, 0.2) is 0 Å². The Morgan fingerprint density at radius 1 is 1.00 bits per heavy atom. The Hall–Kier alpha value is -1.06. The van der Waals surface area contributed by atoms with Crippen LogP contribution in [0, 0.1) is 13.8 Å². The smallest absolute Gasteiger partial charge is 0.0606 e. The van der Waals surface area contributed by atoms with E-state index in [0.717, 1.165) is 5.69 Å². The second-order valence-corrected chi connectivity index (χ2v) is 3.67. The van der Waals surface area contributed by atoms with Gasteiger partial charge in [0.1, 0.15) is 0 Å². The van der Waals surface area contributed by atoms with Gasteiger partial charge in [-0.2, -0.15) is 0 Å². The van der Waals surface area contributed by atoms with Crippen molar-refractivity contribution < 1.29 is 10.2 Å². The molecule has 0 amide bonds. The van der Waals surface area contributed by atoms with Crippen LogP contribution in [-0.2, 0) is 0 Å². The molecule has 15 heavy (non-hydrogen) atoms. The average molecular weight is 209 g/mol. The lowest BCUT2D eigenvalue weighted by Crippen LogP contribution is -2.30. The zero-order valence-corrected chi connectivity index (χ0v) is 9.40. The first-order valence-corrected chi connectivity index (χ1v) is 5.23. The predicted octanol–water partition coefficient (Wildman–Crippen LogP) is 1.09. The number of aliphatic hydroxyl groups is 2. The van der Waals surface area contributed by atoms with Gasteiger partial charge in [0, 0.05) is 18.8 Å². The zero-order chi connectivity index (χ0) is 11.3. The van der Waals surface area contributed by atoms with Crippen LogP contribution in [0.5, 0.6) is 0 Å². The standard InChI is InChI=1S/C12H19NO2/c1-10-4-3-5-11(2)12(10)13(6-8-14)7-9-15/h3-5,14-15H,6-9H2,1-2H3. The van der Waals surface area contributed by atoms with Crippen molar-refractivity contribution in [2.24, 2.45) is 0 Å². The summed E-state index contributed by atoms with van der Waals surface area (Å²) in [6.07, 6.45) is 0. The lowest BCUT2D eigenvalue weighted by molar-refractivity contribution is 0.281. The van der Waals surface area contributed by atoms with E-state index in [9.17, 15) is 0 Å². The summed E-state index contributed by atoms with van der Waals surface area (Å²) in [5.41, 5.74) is 3.48. The monoisotopic (exact) mass is 209 g/mol. The van der Waals surface area contributed by atoms with Gasteiger partial charge in [0.05, 0.1) is 13.2 Å². The molecule has 0 aliphatic carbocycles. The van der Waals surface area contributed by atoms with E-state index in [2.05, 4.69) is 0 Å². The number of para-hydroxylation sites is 1. The topological polar surface area (TPSA) is 43.7 Å². The minimum absolute atomic E-state index is 0.105. The van der Waals surface area contributed by atoms with Crippen molar-refractivity contribution in [2.75, 3.05) is 31.2 Å². The summed E-state index contributed by atoms with van der Waals surface area (Å²) in [4.78, 5) is 2.02. The second-order valence-electron chi connectivity index (χ2n) is 3.67. The molecule has 2 N–H and O–H groups in total. The number of aliphatic hydroxyl groups excluding tert-OH is 2. The highest BCUT2D eigenvalue weighted by molar-refractivity contribution is 5.58. The Morgan fingerprint density at radius 2 is 1.47 bits per heavy atom. The van der Waals surface area contributed by atoms with Gasteiger partial charge in [-0.3, -0.25) is 0 Å². The number of aryl methyl sites for hydroxylation is 2. The minimum Gasteiger partial charge on any atom is -0.395 e. The van der Waals surface area contributed by atoms with Crippen LogP contribution in [0.25, 0.3) is 0 Å². The van der Waals surface area contributed by atoms with Crippen molar-refractivity contribution >= 4 is 5.69 Å². The van der Waals surface area contributed by atoms with Gasteiger partial charge in [-0.05, 0) is 25.0 Å². The largest absolute Gasteiger partial charge is 0.395 e. The first kappa shape index (κ1) is 12.0. The van der Waals surface area contributed by atoms with Crippen molar-refractivity contribution in [3.05, 3.63) is 29.3 Å². The van der Waals surface area contributed by atoms with Gasteiger partial charge < -0.3 is 15.1 Å². The van der Waals surface area contributed by atoms with E-state index < -0.39 is 0 Å². The molecule has 1 aromatic carbocycles. The fourth-order valence-electron chi connectivity index (χ4n) is 1.88. The third-order valence-electron chi connectivity index (χ3n) is 2.50. The minimum atomic E-state index is 0.105. The first-order chi connectivity index (χ1) is 7.20. The predicted molar refractivity (Wildman–Crippen MR) is 62.3 cm³/mol. The Kier molecular flexibility index (Phi) is 4.59. The van der Waals surface area contributed by atoms with Crippen LogP contribution in [0.15, 0.2) is 18.2 Å². The molecule has 1 rings (SSSR count). The van der Waals surface area contributed by atoms with E-state index >= 15 is 0 Å². The van der Waals surface area contributed by atoms with Crippen LogP contribution in [0.3, 0.4) is 0 Å². The molecule has 0 saturated heterocycles. The van der Waals surface area contributed by atoms with E-state index in [0.29, 0.717) is 13.1 Å². The highest BCUT2D eigenvalue weighted by Crippen LogP contribution is 2.23. The first-order valence-electron chi connectivity index (χ1n) is 5.23. The summed E-state index contributed by atoms with van der Waals surface area (Å²) >= 11 is 0. The molecule has 0 aromatic heterocycles. The Balaban J connectivity index is 2.98. The van der Waals surface area contributed by atoms with Crippen molar-refractivity contribution in [3.8, 4) is 0 Å². The molecule has 0 fully saturated rings. The normalized spacial score (nSPS) is 10.4. The van der Waals surface area contributed by atoms with E-state index in [1.54, 1.807) is 0 Å². The molecular formula is C12H19NO2. The number of anilines is 1. The number of rotatable bonds is 5. The number of hydrogen-bond donors (Lipinski definition) is 2. The van der Waals surface area contributed by atoms with E-state index in [-0.39, 0.29) is 13.2 Å². The van der Waals surface area contributed by atoms with Crippen molar-refractivity contribution in [2.45, 2.75) is 13.8 Å². The summed E-state index contributed by atoms with van der Waals surface area (Å²) in [6, 6.07) is 6.11. The van der Waals surface area contributed by atoms with Crippen LogP contribution in [0.4, 0.5) is 5.69 Å². The van der Waals surface area contributed by atoms with Crippen LogP contribution < -0.4 is 4.90 Å². The van der Waals surface area contributed by atoms with Crippen molar-refractivity contribution in [1.82, 2.24) is 0 Å². The molecule has 3 nitrogen and oxygen atoms in total. The maximum Gasteiger partial charge on any atom is 0.0606 e. The third-order valence-corrected chi connectivity index (χ3v) is 2.50. The molecule has 0 heterocycles. The summed E-state index contributed by atoms with van der Waals surface area (Å²) in [7, 11) is 0. The van der Waals surface area contributed by atoms with Gasteiger partial charge in [0.25, 0.3) is 0 Å². The summed E-state index contributed by atoms with van der Waals surface area (Å²) in [5, 5.41) is 18.0. The van der Waals surface area contributed by atoms with Crippen molar-refractivity contribution in [3.63, 3.8) is 0 Å². The Morgan fingerprint density at radius 3 is 1.87 bits per heavy atom. The third kappa shape index (κ3) is 2.94. The second kappa shape index (κ2) is 5.73. The van der Waals surface area contributed by atoms with Crippen LogP contribution in [-0.4, -0.2) is 36.5 Å². The average Bonchev–Trinajstić information content (AvgIpc) is 2.18. The van der Waals surface area contributed by atoms with E-state index in [4.69, 9.17) is 10.2 Å². The van der Waals surface area contributed by atoms with Gasteiger partial charge in [0.2, 0.25) is 0 Å². The lowest BCUT2D eigenvalue weighted by atomic mass is 10.1. The summed E-state index contributed by atoms with van der Waals surface area (Å²) in [5.74, 6) is 0. The van der Waals surface area contributed by atoms with E-state index in [1.807, 2.05) is 36.9 Å². The van der Waals surface area contributed by atoms with Crippen molar-refractivity contribution in [1.29, 1.82) is 0 Å². The molecular weight excluding hydrogens is 190 g/mol. The molecule has 0 spiro atoms. The maximum atomic E-state index is 8.98. The van der Waals surface area contributed by atoms with E-state index in [1.165, 1.54) is 11.1 Å². The Bertz CT molecular complexity index is 286. The molecule has 3 heteroatoms. The SMILES string of the molecule is Cc1cccc(C)c1N(CCO)CCO. The molecule has 0 saturated carbocycles. The molecule has 1 aromatic rings. The van der Waals surface area contributed by atoms with Gasteiger partial charge in [-0.25, -0.2) is 0 Å². The Labute approximate surface area is 91.0 Å². The van der Waals surface area contributed by atoms with Crippen LogP contribution in [0.1, 0.15) is 11.1 Å². The molecule has 84 valence electrons. The van der Waals surface area contributed by atoms with Crippen LogP contribution >= 0.6 is 0 Å². The number of hydrogen-bond acceptors (Lipinski definition) is 3. The summed E-state index contributed by atoms with van der Waals surface area (Å²) in [6.45, 7) is 5.42. The number of benzene rings is 1. The van der Waals surface area contributed by atoms with Gasteiger partial charge >= 0.3 is 0 Å². The maximum absolute atomic E-state index is 8.98.